The minimum Gasteiger partial charge on any atom is -0.496 e. The Bertz CT molecular complexity index is 719. The van der Waals surface area contributed by atoms with Crippen LogP contribution in [0.15, 0.2) is 6.20 Å². The molecule has 2 saturated heterocycles. The number of urea groups is 1. The molecule has 7 nitrogen and oxygen atoms in total. The highest BCUT2D eigenvalue weighted by Crippen LogP contribution is 2.32. The van der Waals surface area contributed by atoms with E-state index in [2.05, 4.69) is 15.2 Å². The Morgan fingerprint density at radius 2 is 2.08 bits per heavy atom. The lowest BCUT2D eigenvalue weighted by atomic mass is 9.98. The fourth-order valence-corrected chi connectivity index (χ4v) is 3.85. The van der Waals surface area contributed by atoms with Gasteiger partial charge in [-0.15, -0.1) is 0 Å². The van der Waals surface area contributed by atoms with Crippen LogP contribution in [0, 0.1) is 13.8 Å². The van der Waals surface area contributed by atoms with E-state index in [1.165, 1.54) is 4.90 Å². The maximum absolute atomic E-state index is 12.8. The van der Waals surface area contributed by atoms with Crippen LogP contribution in [0.5, 0.6) is 5.75 Å². The fourth-order valence-electron chi connectivity index (χ4n) is 3.85. The number of amides is 3. The van der Waals surface area contributed by atoms with Gasteiger partial charge in [-0.05, 0) is 34.1 Å². The summed E-state index contributed by atoms with van der Waals surface area (Å²) in [6.45, 7) is 9.58. The van der Waals surface area contributed by atoms with Gasteiger partial charge in [-0.2, -0.15) is 0 Å². The van der Waals surface area contributed by atoms with Crippen LogP contribution in [0.3, 0.4) is 0 Å². The largest absolute Gasteiger partial charge is 0.496 e. The number of pyridine rings is 1. The number of carbonyl (C=O) groups is 2. The standard InChI is InChI=1S/C18H26N4O3/c1-11(2)22-16(23)18(20-17(22)24)6-7-21(10-18)9-14-13(4)15(25-5)12(3)8-19-14/h8,11H,6-7,9-10H2,1-5H3,(H,20,24). The molecule has 0 radical (unpaired) electrons. The summed E-state index contributed by atoms with van der Waals surface area (Å²) in [6, 6.07) is -0.417. The Morgan fingerprint density at radius 1 is 1.36 bits per heavy atom. The maximum Gasteiger partial charge on any atom is 0.325 e. The molecule has 0 saturated carbocycles. The molecule has 2 fully saturated rings. The van der Waals surface area contributed by atoms with Crippen LogP contribution in [0.25, 0.3) is 0 Å². The molecule has 1 N–H and O–H groups in total. The minimum absolute atomic E-state index is 0.110. The number of rotatable bonds is 4. The average molecular weight is 346 g/mol. The van der Waals surface area contributed by atoms with Crippen molar-refractivity contribution in [1.82, 2.24) is 20.1 Å². The van der Waals surface area contributed by atoms with Crippen molar-refractivity contribution in [3.05, 3.63) is 23.0 Å². The van der Waals surface area contributed by atoms with Gasteiger partial charge in [0.2, 0.25) is 0 Å². The normalized spacial score (nSPS) is 23.8. The molecule has 3 rings (SSSR count). The molecule has 25 heavy (non-hydrogen) atoms. The monoisotopic (exact) mass is 346 g/mol. The highest BCUT2D eigenvalue weighted by atomic mass is 16.5. The van der Waals surface area contributed by atoms with Crippen molar-refractivity contribution in [2.45, 2.75) is 52.2 Å². The number of methoxy groups -OCH3 is 1. The van der Waals surface area contributed by atoms with Crippen molar-refractivity contribution in [2.24, 2.45) is 0 Å². The van der Waals surface area contributed by atoms with E-state index >= 15 is 0 Å². The summed E-state index contributed by atoms with van der Waals surface area (Å²) in [6.07, 6.45) is 2.44. The molecule has 136 valence electrons. The number of aryl methyl sites for hydroxylation is 1. The van der Waals surface area contributed by atoms with Gasteiger partial charge >= 0.3 is 6.03 Å². The van der Waals surface area contributed by atoms with E-state index in [1.54, 1.807) is 7.11 Å². The van der Waals surface area contributed by atoms with Gasteiger partial charge in [0, 0.05) is 43.0 Å². The van der Waals surface area contributed by atoms with Crippen molar-refractivity contribution < 1.29 is 14.3 Å². The third kappa shape index (κ3) is 2.86. The van der Waals surface area contributed by atoms with E-state index in [-0.39, 0.29) is 18.0 Å². The molecule has 2 aliphatic heterocycles. The zero-order valence-corrected chi connectivity index (χ0v) is 15.5. The summed E-state index contributed by atoms with van der Waals surface area (Å²) in [5.41, 5.74) is 2.18. The summed E-state index contributed by atoms with van der Waals surface area (Å²) >= 11 is 0. The number of imide groups is 1. The lowest BCUT2D eigenvalue weighted by Crippen LogP contribution is -2.49. The molecular weight excluding hydrogens is 320 g/mol. The van der Waals surface area contributed by atoms with Crippen LogP contribution >= 0.6 is 0 Å². The van der Waals surface area contributed by atoms with Gasteiger partial charge in [-0.3, -0.25) is 19.6 Å². The molecule has 1 aromatic heterocycles. The van der Waals surface area contributed by atoms with Crippen LogP contribution in [-0.2, 0) is 11.3 Å². The van der Waals surface area contributed by atoms with Gasteiger partial charge in [0.15, 0.2) is 0 Å². The molecule has 1 spiro atoms. The van der Waals surface area contributed by atoms with Crippen molar-refractivity contribution >= 4 is 11.9 Å². The quantitative estimate of drug-likeness (QED) is 0.839. The molecule has 1 aromatic rings. The minimum atomic E-state index is -0.788. The Balaban J connectivity index is 1.77. The van der Waals surface area contributed by atoms with Crippen LogP contribution in [0.2, 0.25) is 0 Å². The van der Waals surface area contributed by atoms with Gasteiger partial charge in [0.05, 0.1) is 12.8 Å². The van der Waals surface area contributed by atoms with Crippen molar-refractivity contribution in [3.8, 4) is 5.75 Å². The maximum atomic E-state index is 12.8. The Hall–Kier alpha value is -2.15. The van der Waals surface area contributed by atoms with E-state index in [1.807, 2.05) is 33.9 Å². The van der Waals surface area contributed by atoms with Crippen molar-refractivity contribution in [2.75, 3.05) is 20.2 Å². The third-order valence-electron chi connectivity index (χ3n) is 5.18. The van der Waals surface area contributed by atoms with Gasteiger partial charge in [-0.1, -0.05) is 0 Å². The number of aromatic nitrogens is 1. The molecule has 0 aliphatic carbocycles. The first-order chi connectivity index (χ1) is 11.8. The second kappa shape index (κ2) is 6.29. The number of carbonyl (C=O) groups excluding carboxylic acids is 2. The van der Waals surface area contributed by atoms with E-state index in [0.29, 0.717) is 19.5 Å². The van der Waals surface area contributed by atoms with E-state index in [4.69, 9.17) is 4.74 Å². The molecule has 0 aromatic carbocycles. The van der Waals surface area contributed by atoms with Crippen molar-refractivity contribution in [1.29, 1.82) is 0 Å². The molecule has 2 aliphatic rings. The predicted molar refractivity (Wildman–Crippen MR) is 93.4 cm³/mol. The second-order valence-corrected chi connectivity index (χ2v) is 7.29. The Kier molecular flexibility index (Phi) is 4.45. The Labute approximate surface area is 148 Å². The highest BCUT2D eigenvalue weighted by Gasteiger charge is 2.55. The lowest BCUT2D eigenvalue weighted by molar-refractivity contribution is -0.132. The smallest absolute Gasteiger partial charge is 0.325 e. The highest BCUT2D eigenvalue weighted by molar-refractivity contribution is 6.07. The van der Waals surface area contributed by atoms with E-state index < -0.39 is 5.54 Å². The number of hydrogen-bond acceptors (Lipinski definition) is 5. The molecule has 3 heterocycles. The fraction of sp³-hybridized carbons (Fsp3) is 0.611. The number of hydrogen-bond donors (Lipinski definition) is 1. The molecule has 0 bridgehead atoms. The van der Waals surface area contributed by atoms with Crippen LogP contribution in [-0.4, -0.2) is 58.5 Å². The molecule has 1 unspecified atom stereocenters. The SMILES string of the molecule is COc1c(C)cnc(CN2CCC3(C2)NC(=O)N(C(C)C)C3=O)c1C. The summed E-state index contributed by atoms with van der Waals surface area (Å²) in [7, 11) is 1.66. The molecular formula is C18H26N4O3. The number of ether oxygens (including phenoxy) is 1. The zero-order valence-electron chi connectivity index (χ0n) is 15.5. The predicted octanol–water partition coefficient (Wildman–Crippen LogP) is 1.61. The number of nitrogens with one attached hydrogen (secondary N) is 1. The first-order valence-electron chi connectivity index (χ1n) is 8.66. The molecule has 3 amide bonds. The number of likely N-dealkylation sites (tertiary alicyclic amines) is 1. The summed E-state index contributed by atoms with van der Waals surface area (Å²) in [5.74, 6) is 0.747. The second-order valence-electron chi connectivity index (χ2n) is 7.29. The van der Waals surface area contributed by atoms with Crippen LogP contribution in [0.1, 0.15) is 37.1 Å². The average Bonchev–Trinajstić information content (AvgIpc) is 3.04. The van der Waals surface area contributed by atoms with Gasteiger partial charge < -0.3 is 10.1 Å². The lowest BCUT2D eigenvalue weighted by Gasteiger charge is -2.23. The summed E-state index contributed by atoms with van der Waals surface area (Å²) in [5, 5.41) is 2.92. The van der Waals surface area contributed by atoms with E-state index in [9.17, 15) is 9.59 Å². The third-order valence-corrected chi connectivity index (χ3v) is 5.18. The zero-order chi connectivity index (χ0) is 18.4. The van der Waals surface area contributed by atoms with Crippen LogP contribution < -0.4 is 10.1 Å². The topological polar surface area (TPSA) is 74.8 Å². The number of nitrogens with zero attached hydrogens (tertiary/aromatic N) is 3. The van der Waals surface area contributed by atoms with Gasteiger partial charge in [-0.25, -0.2) is 4.79 Å². The van der Waals surface area contributed by atoms with Gasteiger partial charge in [0.25, 0.3) is 5.91 Å². The molecule has 1 atom stereocenters. The van der Waals surface area contributed by atoms with Crippen LogP contribution in [0.4, 0.5) is 4.79 Å². The van der Waals surface area contributed by atoms with E-state index in [0.717, 1.165) is 29.1 Å². The van der Waals surface area contributed by atoms with Gasteiger partial charge in [0.1, 0.15) is 11.3 Å². The first kappa shape index (κ1) is 17.7. The van der Waals surface area contributed by atoms with Crippen molar-refractivity contribution in [3.63, 3.8) is 0 Å². The Morgan fingerprint density at radius 3 is 2.68 bits per heavy atom. The first-order valence-corrected chi connectivity index (χ1v) is 8.66. The summed E-state index contributed by atoms with van der Waals surface area (Å²) < 4.78 is 5.47. The molecule has 7 heteroatoms. The summed E-state index contributed by atoms with van der Waals surface area (Å²) in [4.78, 5) is 33.0.